The number of aryl methyl sites for hydroxylation is 1. The molecule has 2 aromatic heterocycles. The van der Waals surface area contributed by atoms with Crippen LogP contribution in [0.3, 0.4) is 0 Å². The van der Waals surface area contributed by atoms with Crippen LogP contribution in [-0.4, -0.2) is 14.7 Å². The first-order chi connectivity index (χ1) is 11.6. The van der Waals surface area contributed by atoms with E-state index in [1.807, 2.05) is 12.1 Å². The lowest BCUT2D eigenvalue weighted by Gasteiger charge is -2.39. The van der Waals surface area contributed by atoms with Crippen LogP contribution in [-0.2, 0) is 12.5 Å². The molecule has 3 aromatic rings. The number of nitrogens with zero attached hydrogens (tertiary/aromatic N) is 3. The van der Waals surface area contributed by atoms with Crippen molar-refractivity contribution in [3.63, 3.8) is 0 Å². The average molecular weight is 386 g/mol. The lowest BCUT2D eigenvalue weighted by Crippen LogP contribution is -2.36. The smallest absolute Gasteiger partial charge is 0.259 e. The first-order valence-corrected chi connectivity index (χ1v) is 8.65. The van der Waals surface area contributed by atoms with E-state index in [-0.39, 0.29) is 11.0 Å². The summed E-state index contributed by atoms with van der Waals surface area (Å²) in [6, 6.07) is 11.5. The zero-order valence-corrected chi connectivity index (χ0v) is 14.8. The van der Waals surface area contributed by atoms with E-state index in [9.17, 15) is 4.79 Å². The van der Waals surface area contributed by atoms with Crippen LogP contribution in [0, 0.1) is 0 Å². The summed E-state index contributed by atoms with van der Waals surface area (Å²) < 4.78 is 8.05. The Labute approximate surface area is 147 Å². The van der Waals surface area contributed by atoms with Gasteiger partial charge in [-0.3, -0.25) is 4.79 Å². The second kappa shape index (κ2) is 5.70. The maximum Gasteiger partial charge on any atom is 0.259 e. The van der Waals surface area contributed by atoms with Gasteiger partial charge >= 0.3 is 0 Å². The summed E-state index contributed by atoms with van der Waals surface area (Å²) in [5.41, 5.74) is 1.73. The fraction of sp³-hybridized carbons (Fsp3) is 0.278. The summed E-state index contributed by atoms with van der Waals surface area (Å²) in [6.07, 6.45) is 4.90. The molecule has 1 aromatic carbocycles. The minimum absolute atomic E-state index is 0.0659. The number of rotatable bonds is 3. The van der Waals surface area contributed by atoms with Crippen LogP contribution in [0.1, 0.15) is 30.7 Å². The highest BCUT2D eigenvalue weighted by molar-refractivity contribution is 9.10. The molecule has 122 valence electrons. The van der Waals surface area contributed by atoms with Crippen molar-refractivity contribution in [2.75, 3.05) is 0 Å². The van der Waals surface area contributed by atoms with E-state index in [1.165, 1.54) is 16.2 Å². The van der Waals surface area contributed by atoms with Crippen LogP contribution in [0.2, 0.25) is 0 Å². The van der Waals surface area contributed by atoms with Gasteiger partial charge < -0.3 is 9.09 Å². The molecular formula is C18H16BrN3O2. The Morgan fingerprint density at radius 3 is 2.54 bits per heavy atom. The van der Waals surface area contributed by atoms with Gasteiger partial charge in [0.2, 0.25) is 5.56 Å². The topological polar surface area (TPSA) is 60.9 Å². The van der Waals surface area contributed by atoms with E-state index in [1.54, 1.807) is 19.3 Å². The molecular weight excluding hydrogens is 370 g/mol. The second-order valence-electron chi connectivity index (χ2n) is 6.23. The number of benzene rings is 1. The standard InChI is InChI=1S/C18H16BrN3O2/c1-22-11-12(3-8-15(22)23)16-20-17(21-24-16)18(9-2-10-18)13-4-6-14(19)7-5-13/h3-8,11H,2,9-10H2,1H3. The minimum atomic E-state index is -0.164. The third-order valence-electron chi connectivity index (χ3n) is 4.79. The molecule has 1 saturated carbocycles. The van der Waals surface area contributed by atoms with Crippen LogP contribution >= 0.6 is 15.9 Å². The van der Waals surface area contributed by atoms with Gasteiger partial charge in [0.15, 0.2) is 5.82 Å². The highest BCUT2D eigenvalue weighted by Gasteiger charge is 2.44. The Balaban J connectivity index is 1.74. The van der Waals surface area contributed by atoms with Gasteiger partial charge in [0.25, 0.3) is 5.89 Å². The Bertz CT molecular complexity index is 939. The molecule has 1 aliphatic rings. The van der Waals surface area contributed by atoms with E-state index in [0.717, 1.165) is 35.1 Å². The van der Waals surface area contributed by atoms with Crippen molar-refractivity contribution in [1.82, 2.24) is 14.7 Å². The molecule has 1 fully saturated rings. The van der Waals surface area contributed by atoms with Crippen molar-refractivity contribution >= 4 is 15.9 Å². The predicted octanol–water partition coefficient (Wildman–Crippen LogP) is 3.67. The third kappa shape index (κ3) is 2.41. The molecule has 0 bridgehead atoms. The first-order valence-electron chi connectivity index (χ1n) is 7.86. The summed E-state index contributed by atoms with van der Waals surface area (Å²) in [4.78, 5) is 16.2. The monoisotopic (exact) mass is 385 g/mol. The molecule has 0 saturated heterocycles. The maximum absolute atomic E-state index is 11.5. The zero-order chi connectivity index (χ0) is 16.7. The van der Waals surface area contributed by atoms with Gasteiger partial charge in [0.1, 0.15) is 0 Å². The SMILES string of the molecule is Cn1cc(-c2nc(C3(c4ccc(Br)cc4)CCC3)no2)ccc1=O. The summed E-state index contributed by atoms with van der Waals surface area (Å²) in [5, 5.41) is 4.25. The van der Waals surface area contributed by atoms with Crippen molar-refractivity contribution < 1.29 is 4.52 Å². The van der Waals surface area contributed by atoms with Gasteiger partial charge in [-0.15, -0.1) is 0 Å². The summed E-state index contributed by atoms with van der Waals surface area (Å²) >= 11 is 3.48. The first kappa shape index (κ1) is 15.3. The van der Waals surface area contributed by atoms with Crippen LogP contribution in [0.4, 0.5) is 0 Å². The van der Waals surface area contributed by atoms with Gasteiger partial charge in [-0.1, -0.05) is 39.6 Å². The highest BCUT2D eigenvalue weighted by atomic mass is 79.9. The third-order valence-corrected chi connectivity index (χ3v) is 5.32. The summed E-state index contributed by atoms with van der Waals surface area (Å²) in [6.45, 7) is 0. The van der Waals surface area contributed by atoms with Crippen LogP contribution < -0.4 is 5.56 Å². The van der Waals surface area contributed by atoms with Crippen molar-refractivity contribution in [3.8, 4) is 11.5 Å². The molecule has 0 amide bonds. The van der Waals surface area contributed by atoms with Crippen molar-refractivity contribution in [2.24, 2.45) is 7.05 Å². The van der Waals surface area contributed by atoms with Gasteiger partial charge in [-0.05, 0) is 36.6 Å². The van der Waals surface area contributed by atoms with Crippen LogP contribution in [0.5, 0.6) is 0 Å². The molecule has 1 aliphatic carbocycles. The maximum atomic E-state index is 11.5. The molecule has 0 spiro atoms. The number of hydrogen-bond donors (Lipinski definition) is 0. The van der Waals surface area contributed by atoms with Crippen molar-refractivity contribution in [2.45, 2.75) is 24.7 Å². The number of pyridine rings is 1. The Kier molecular flexibility index (Phi) is 3.64. The molecule has 2 heterocycles. The van der Waals surface area contributed by atoms with Crippen molar-refractivity contribution in [3.05, 3.63) is 68.8 Å². The summed E-state index contributed by atoms with van der Waals surface area (Å²) in [5.74, 6) is 1.17. The van der Waals surface area contributed by atoms with Gasteiger partial charge in [0.05, 0.1) is 11.0 Å². The number of hydrogen-bond acceptors (Lipinski definition) is 4. The minimum Gasteiger partial charge on any atom is -0.334 e. The van der Waals surface area contributed by atoms with Gasteiger partial charge in [-0.25, -0.2) is 0 Å². The fourth-order valence-electron chi connectivity index (χ4n) is 3.20. The second-order valence-corrected chi connectivity index (χ2v) is 7.15. The van der Waals surface area contributed by atoms with E-state index in [0.29, 0.717) is 5.89 Å². The lowest BCUT2D eigenvalue weighted by molar-refractivity contribution is 0.273. The Morgan fingerprint density at radius 2 is 1.92 bits per heavy atom. The van der Waals surface area contributed by atoms with E-state index >= 15 is 0 Å². The van der Waals surface area contributed by atoms with E-state index in [4.69, 9.17) is 4.52 Å². The van der Waals surface area contributed by atoms with Crippen LogP contribution in [0.15, 0.2) is 56.4 Å². The largest absolute Gasteiger partial charge is 0.334 e. The van der Waals surface area contributed by atoms with Crippen LogP contribution in [0.25, 0.3) is 11.5 Å². The average Bonchev–Trinajstić information content (AvgIpc) is 3.01. The molecule has 6 heteroatoms. The molecule has 0 atom stereocenters. The highest BCUT2D eigenvalue weighted by Crippen LogP contribution is 2.48. The predicted molar refractivity (Wildman–Crippen MR) is 93.7 cm³/mol. The molecule has 0 radical (unpaired) electrons. The van der Waals surface area contributed by atoms with E-state index in [2.05, 4.69) is 38.2 Å². The molecule has 0 unspecified atom stereocenters. The number of aromatic nitrogens is 3. The zero-order valence-electron chi connectivity index (χ0n) is 13.2. The summed E-state index contributed by atoms with van der Waals surface area (Å²) in [7, 11) is 1.71. The normalized spacial score (nSPS) is 15.9. The van der Waals surface area contributed by atoms with Crippen molar-refractivity contribution in [1.29, 1.82) is 0 Å². The molecule has 4 rings (SSSR count). The molecule has 5 nitrogen and oxygen atoms in total. The number of halogens is 1. The fourth-order valence-corrected chi connectivity index (χ4v) is 3.46. The quantitative estimate of drug-likeness (QED) is 0.689. The molecule has 0 N–H and O–H groups in total. The lowest BCUT2D eigenvalue weighted by atomic mass is 9.64. The Hall–Kier alpha value is -2.21. The van der Waals surface area contributed by atoms with Gasteiger partial charge in [-0.2, -0.15) is 4.98 Å². The molecule has 24 heavy (non-hydrogen) atoms. The molecule has 0 aliphatic heterocycles. The van der Waals surface area contributed by atoms with E-state index < -0.39 is 0 Å². The Morgan fingerprint density at radius 1 is 1.17 bits per heavy atom. The van der Waals surface area contributed by atoms with Gasteiger partial charge in [0, 0.05) is 23.8 Å².